The predicted molar refractivity (Wildman–Crippen MR) is 102 cm³/mol. The molecule has 2 aromatic carbocycles. The SMILES string of the molecule is C[C@@H]1CSC(N(C(=O)c2cccc(Br)c2)c2ccc(Cl)cc2)=N1. The number of hydrogen-bond acceptors (Lipinski definition) is 3. The molecule has 1 atom stereocenters. The largest absolute Gasteiger partial charge is 0.268 e. The number of carbonyl (C=O) groups excluding carboxylic acids is 1. The summed E-state index contributed by atoms with van der Waals surface area (Å²) in [6.45, 7) is 2.05. The number of hydrogen-bond donors (Lipinski definition) is 0. The van der Waals surface area contributed by atoms with Crippen LogP contribution in [0.4, 0.5) is 5.69 Å². The van der Waals surface area contributed by atoms with Gasteiger partial charge in [-0.3, -0.25) is 14.7 Å². The molecular formula is C17H14BrClN2OS. The molecule has 1 aliphatic heterocycles. The van der Waals surface area contributed by atoms with Crippen molar-refractivity contribution in [3.8, 4) is 0 Å². The fourth-order valence-electron chi connectivity index (χ4n) is 2.24. The van der Waals surface area contributed by atoms with Crippen LogP contribution in [-0.4, -0.2) is 22.9 Å². The molecular weight excluding hydrogens is 396 g/mol. The van der Waals surface area contributed by atoms with Crippen molar-refractivity contribution in [2.24, 2.45) is 4.99 Å². The zero-order chi connectivity index (χ0) is 16.4. The Bertz CT molecular complexity index is 763. The van der Waals surface area contributed by atoms with Gasteiger partial charge in [0.15, 0.2) is 5.17 Å². The number of carbonyl (C=O) groups is 1. The summed E-state index contributed by atoms with van der Waals surface area (Å²) < 4.78 is 0.869. The second-order valence-electron chi connectivity index (χ2n) is 5.20. The Hall–Kier alpha value is -1.30. The summed E-state index contributed by atoms with van der Waals surface area (Å²) in [5.74, 6) is 0.777. The second kappa shape index (κ2) is 7.07. The maximum atomic E-state index is 13.1. The molecule has 2 aromatic rings. The maximum absolute atomic E-state index is 13.1. The van der Waals surface area contributed by atoms with Crippen LogP contribution < -0.4 is 4.90 Å². The molecule has 0 radical (unpaired) electrons. The number of benzene rings is 2. The Morgan fingerprint density at radius 2 is 2.04 bits per heavy atom. The van der Waals surface area contributed by atoms with Crippen molar-refractivity contribution in [2.75, 3.05) is 10.7 Å². The highest BCUT2D eigenvalue weighted by atomic mass is 79.9. The molecule has 118 valence electrons. The number of amides is 1. The van der Waals surface area contributed by atoms with Crippen molar-refractivity contribution in [1.29, 1.82) is 0 Å². The van der Waals surface area contributed by atoms with Gasteiger partial charge in [-0.05, 0) is 49.4 Å². The van der Waals surface area contributed by atoms with Crippen LogP contribution in [0.1, 0.15) is 17.3 Å². The molecule has 0 spiro atoms. The summed E-state index contributed by atoms with van der Waals surface area (Å²) in [6, 6.07) is 14.8. The fourth-order valence-corrected chi connectivity index (χ4v) is 3.80. The first kappa shape index (κ1) is 16.6. The number of anilines is 1. The van der Waals surface area contributed by atoms with E-state index in [0.717, 1.165) is 21.1 Å². The van der Waals surface area contributed by atoms with Gasteiger partial charge in [-0.15, -0.1) is 0 Å². The second-order valence-corrected chi connectivity index (χ2v) is 7.54. The van der Waals surface area contributed by atoms with Crippen LogP contribution in [0.2, 0.25) is 5.02 Å². The summed E-state index contributed by atoms with van der Waals surface area (Å²) in [4.78, 5) is 19.3. The van der Waals surface area contributed by atoms with E-state index in [1.807, 2.05) is 37.3 Å². The first-order chi connectivity index (χ1) is 11.0. The van der Waals surface area contributed by atoms with Gasteiger partial charge < -0.3 is 0 Å². The van der Waals surface area contributed by atoms with E-state index in [-0.39, 0.29) is 11.9 Å². The summed E-state index contributed by atoms with van der Waals surface area (Å²) in [6.07, 6.45) is 0. The summed E-state index contributed by atoms with van der Waals surface area (Å²) in [5.41, 5.74) is 1.37. The van der Waals surface area contributed by atoms with Crippen LogP contribution in [0.15, 0.2) is 58.0 Å². The van der Waals surface area contributed by atoms with Gasteiger partial charge in [0.25, 0.3) is 5.91 Å². The van der Waals surface area contributed by atoms with E-state index in [1.165, 1.54) is 0 Å². The molecule has 3 nitrogen and oxygen atoms in total. The van der Waals surface area contributed by atoms with E-state index in [9.17, 15) is 4.79 Å². The minimum Gasteiger partial charge on any atom is -0.268 e. The molecule has 23 heavy (non-hydrogen) atoms. The Morgan fingerprint density at radius 1 is 1.30 bits per heavy atom. The smallest absolute Gasteiger partial charge is 0.264 e. The Kier molecular flexibility index (Phi) is 5.09. The third kappa shape index (κ3) is 3.79. The lowest BCUT2D eigenvalue weighted by molar-refractivity contribution is 0.100. The topological polar surface area (TPSA) is 32.7 Å². The van der Waals surface area contributed by atoms with Gasteiger partial charge in [0.2, 0.25) is 0 Å². The van der Waals surface area contributed by atoms with Crippen LogP contribution >= 0.6 is 39.3 Å². The van der Waals surface area contributed by atoms with Gasteiger partial charge in [-0.2, -0.15) is 0 Å². The highest BCUT2D eigenvalue weighted by Gasteiger charge is 2.27. The van der Waals surface area contributed by atoms with Crippen LogP contribution in [-0.2, 0) is 0 Å². The van der Waals surface area contributed by atoms with E-state index in [4.69, 9.17) is 11.6 Å². The van der Waals surface area contributed by atoms with E-state index in [2.05, 4.69) is 20.9 Å². The number of rotatable bonds is 2. The van der Waals surface area contributed by atoms with Crippen molar-refractivity contribution in [3.05, 3.63) is 63.6 Å². The van der Waals surface area contributed by atoms with Crippen molar-refractivity contribution >= 4 is 56.1 Å². The molecule has 1 heterocycles. The zero-order valence-corrected chi connectivity index (χ0v) is 15.5. The van der Waals surface area contributed by atoms with Crippen molar-refractivity contribution in [2.45, 2.75) is 13.0 Å². The van der Waals surface area contributed by atoms with Crippen LogP contribution in [0.3, 0.4) is 0 Å². The van der Waals surface area contributed by atoms with Gasteiger partial charge in [0, 0.05) is 20.8 Å². The summed E-state index contributed by atoms with van der Waals surface area (Å²) >= 11 is 11.0. The van der Waals surface area contributed by atoms with E-state index < -0.39 is 0 Å². The lowest BCUT2D eigenvalue weighted by atomic mass is 10.2. The van der Waals surface area contributed by atoms with Crippen molar-refractivity contribution in [3.63, 3.8) is 0 Å². The summed E-state index contributed by atoms with van der Waals surface area (Å²) in [7, 11) is 0. The lowest BCUT2D eigenvalue weighted by Crippen LogP contribution is -2.34. The molecule has 0 unspecified atom stereocenters. The lowest BCUT2D eigenvalue weighted by Gasteiger charge is -2.22. The molecule has 0 N–H and O–H groups in total. The van der Waals surface area contributed by atoms with E-state index in [0.29, 0.717) is 10.6 Å². The molecule has 1 amide bonds. The highest BCUT2D eigenvalue weighted by molar-refractivity contribution is 9.10. The molecule has 0 bridgehead atoms. The summed E-state index contributed by atoms with van der Waals surface area (Å²) in [5, 5.41) is 1.36. The number of thioether (sulfide) groups is 1. The third-order valence-corrected chi connectivity index (χ3v) is 5.28. The normalized spacial score (nSPS) is 17.0. The van der Waals surface area contributed by atoms with E-state index >= 15 is 0 Å². The van der Waals surface area contributed by atoms with Gasteiger partial charge in [0.1, 0.15) is 0 Å². The standard InChI is InChI=1S/C17H14BrClN2OS/c1-11-10-23-17(20-11)21(15-7-5-14(19)6-8-15)16(22)12-3-2-4-13(18)9-12/h2-9,11H,10H2,1H3/t11-/m1/s1. The number of halogens is 2. The third-order valence-electron chi connectivity index (χ3n) is 3.34. The molecule has 0 saturated carbocycles. The zero-order valence-electron chi connectivity index (χ0n) is 12.4. The van der Waals surface area contributed by atoms with Gasteiger partial charge in [-0.1, -0.05) is 45.4 Å². The van der Waals surface area contributed by atoms with Crippen LogP contribution in [0.25, 0.3) is 0 Å². The predicted octanol–water partition coefficient (Wildman–Crippen LogP) is 5.24. The molecule has 0 aromatic heterocycles. The van der Waals surface area contributed by atoms with Gasteiger partial charge in [0.05, 0.1) is 11.7 Å². The Balaban J connectivity index is 2.03. The average Bonchev–Trinajstić information content (AvgIpc) is 2.95. The Morgan fingerprint density at radius 3 is 2.65 bits per heavy atom. The monoisotopic (exact) mass is 408 g/mol. The molecule has 0 fully saturated rings. The van der Waals surface area contributed by atoms with Gasteiger partial charge >= 0.3 is 0 Å². The van der Waals surface area contributed by atoms with Crippen LogP contribution in [0, 0.1) is 0 Å². The molecule has 3 rings (SSSR count). The quantitative estimate of drug-likeness (QED) is 0.679. The average molecular weight is 410 g/mol. The maximum Gasteiger partial charge on any atom is 0.264 e. The minimum atomic E-state index is -0.103. The number of nitrogens with zero attached hydrogens (tertiary/aromatic N) is 2. The molecule has 1 aliphatic rings. The molecule has 0 aliphatic carbocycles. The van der Waals surface area contributed by atoms with Crippen LogP contribution in [0.5, 0.6) is 0 Å². The number of aliphatic imine (C=N–C) groups is 1. The number of amidine groups is 1. The van der Waals surface area contributed by atoms with Gasteiger partial charge in [-0.25, -0.2) is 0 Å². The minimum absolute atomic E-state index is 0.103. The molecule has 0 saturated heterocycles. The Labute approximate surface area is 152 Å². The van der Waals surface area contributed by atoms with E-state index in [1.54, 1.807) is 34.9 Å². The first-order valence-corrected chi connectivity index (χ1v) is 9.26. The molecule has 6 heteroatoms. The fraction of sp³-hybridized carbons (Fsp3) is 0.176. The van der Waals surface area contributed by atoms with Crippen molar-refractivity contribution < 1.29 is 4.79 Å². The highest BCUT2D eigenvalue weighted by Crippen LogP contribution is 2.28. The first-order valence-electron chi connectivity index (χ1n) is 7.11. The van der Waals surface area contributed by atoms with Crippen molar-refractivity contribution in [1.82, 2.24) is 0 Å².